The number of carbonyl (C=O) groups is 3. The number of fused-ring (bicyclic) bond motifs is 3. The van der Waals surface area contributed by atoms with E-state index in [2.05, 4.69) is 20.7 Å². The highest BCUT2D eigenvalue weighted by Crippen LogP contribution is 2.45. The molecule has 2 aliphatic carbocycles. The summed E-state index contributed by atoms with van der Waals surface area (Å²) in [4.78, 5) is 42.8. The lowest BCUT2D eigenvalue weighted by atomic mass is 9.82. The second-order valence-electron chi connectivity index (χ2n) is 10.7. The molecule has 1 aromatic carbocycles. The van der Waals surface area contributed by atoms with E-state index in [1.165, 1.54) is 29.1 Å². The summed E-state index contributed by atoms with van der Waals surface area (Å²) < 4.78 is 44.0. The molecule has 2 N–H and O–H groups in total. The molecule has 2 amide bonds. The zero-order chi connectivity index (χ0) is 29.0. The van der Waals surface area contributed by atoms with Gasteiger partial charge in [-0.15, -0.1) is 0 Å². The van der Waals surface area contributed by atoms with Gasteiger partial charge in [-0.25, -0.2) is 9.67 Å². The van der Waals surface area contributed by atoms with Crippen molar-refractivity contribution in [1.82, 2.24) is 25.4 Å². The van der Waals surface area contributed by atoms with Crippen LogP contribution in [0.5, 0.6) is 5.75 Å². The number of halogens is 3. The molecule has 13 heteroatoms. The van der Waals surface area contributed by atoms with Crippen molar-refractivity contribution in [2.45, 2.75) is 43.8 Å². The maximum Gasteiger partial charge on any atom is 0.422 e. The second-order valence-corrected chi connectivity index (χ2v) is 10.7. The Morgan fingerprint density at radius 1 is 1.24 bits per heavy atom. The third kappa shape index (κ3) is 4.79. The minimum atomic E-state index is -4.47. The molecule has 210 valence electrons. The van der Waals surface area contributed by atoms with Gasteiger partial charge >= 0.3 is 6.18 Å². The van der Waals surface area contributed by atoms with E-state index in [0.717, 1.165) is 17.4 Å². The average molecular weight is 565 g/mol. The molecule has 0 unspecified atom stereocenters. The molecular formula is C28H23F3N6O4. The van der Waals surface area contributed by atoms with Crippen LogP contribution in [0, 0.1) is 16.7 Å². The lowest BCUT2D eigenvalue weighted by Crippen LogP contribution is -2.50. The summed E-state index contributed by atoms with van der Waals surface area (Å²) >= 11 is 0. The first kappa shape index (κ1) is 26.5. The van der Waals surface area contributed by atoms with Crippen molar-refractivity contribution in [2.24, 2.45) is 5.41 Å². The molecule has 0 radical (unpaired) electrons. The molecule has 3 aromatic rings. The first-order chi connectivity index (χ1) is 19.6. The van der Waals surface area contributed by atoms with Gasteiger partial charge in [0.25, 0.3) is 11.8 Å². The molecule has 3 heterocycles. The van der Waals surface area contributed by atoms with Crippen molar-refractivity contribution in [2.75, 3.05) is 13.2 Å². The predicted octanol–water partition coefficient (Wildman–Crippen LogP) is 2.92. The number of aryl methyl sites for hydroxylation is 1. The Kier molecular flexibility index (Phi) is 6.09. The van der Waals surface area contributed by atoms with Crippen LogP contribution in [-0.4, -0.2) is 52.2 Å². The molecule has 0 saturated heterocycles. The summed E-state index contributed by atoms with van der Waals surface area (Å²) in [6.45, 7) is -1.29. The van der Waals surface area contributed by atoms with Crippen LogP contribution < -0.4 is 15.4 Å². The summed E-state index contributed by atoms with van der Waals surface area (Å²) in [6.07, 6.45) is 0.215. The van der Waals surface area contributed by atoms with Crippen LogP contribution in [0.2, 0.25) is 0 Å². The van der Waals surface area contributed by atoms with Crippen molar-refractivity contribution in [1.29, 1.82) is 5.26 Å². The van der Waals surface area contributed by atoms with E-state index in [-0.39, 0.29) is 35.8 Å². The molecule has 3 aliphatic rings. The fourth-order valence-electron chi connectivity index (χ4n) is 5.52. The van der Waals surface area contributed by atoms with Crippen LogP contribution in [0.3, 0.4) is 0 Å². The summed E-state index contributed by atoms with van der Waals surface area (Å²) in [6, 6.07) is 9.66. The third-order valence-corrected chi connectivity index (χ3v) is 7.88. The van der Waals surface area contributed by atoms with Crippen LogP contribution in [0.15, 0.2) is 36.5 Å². The Labute approximate surface area is 231 Å². The number of hydrogen-bond acceptors (Lipinski definition) is 7. The molecule has 41 heavy (non-hydrogen) atoms. The second kappa shape index (κ2) is 9.43. The number of benzene rings is 1. The van der Waals surface area contributed by atoms with E-state index in [0.29, 0.717) is 36.9 Å². The average Bonchev–Trinajstić information content (AvgIpc) is 3.53. The van der Waals surface area contributed by atoms with Gasteiger partial charge < -0.3 is 20.2 Å². The van der Waals surface area contributed by atoms with Crippen molar-refractivity contribution >= 4 is 18.1 Å². The number of ether oxygens (including phenoxy) is 1. The lowest BCUT2D eigenvalue weighted by molar-refractivity contribution is -0.153. The topological polar surface area (TPSA) is 139 Å². The third-order valence-electron chi connectivity index (χ3n) is 7.88. The molecule has 2 aromatic heterocycles. The SMILES string of the molecule is N#Cc1ccc(-n2nc3c(c2C(=O)NCC2(C=O)CC2)C(=O)N[C@@]2(CCc4cc(OCC(F)(F)F)ccc42)C3)nc1. The standard InChI is InChI=1S/C28H23F3N6O4/c29-28(30,31)15-41-18-2-3-19-17(9-18)5-6-27(19)10-20-22(24(39)35-27)23(25(40)34-13-26(14-38)7-8-26)37(36-20)21-4-1-16(11-32)12-33-21/h1-4,9,12,14H,5-8,10,13,15H2,(H,34,40)(H,35,39)/t27-/m0/s1. The molecule has 0 bridgehead atoms. The molecule has 10 nitrogen and oxygen atoms in total. The number of nitriles is 1. The van der Waals surface area contributed by atoms with Gasteiger partial charge in [-0.05, 0) is 61.1 Å². The monoisotopic (exact) mass is 564 g/mol. The van der Waals surface area contributed by atoms with Gasteiger partial charge in [0.1, 0.15) is 23.8 Å². The molecule has 1 saturated carbocycles. The highest BCUT2D eigenvalue weighted by Gasteiger charge is 2.48. The van der Waals surface area contributed by atoms with Crippen LogP contribution in [0.4, 0.5) is 13.2 Å². The zero-order valence-corrected chi connectivity index (χ0v) is 21.5. The Balaban J connectivity index is 1.36. The number of nitrogens with zero attached hydrogens (tertiary/aromatic N) is 4. The highest BCUT2D eigenvalue weighted by atomic mass is 19.4. The number of rotatable bonds is 7. The van der Waals surface area contributed by atoms with Crippen LogP contribution in [0.1, 0.15) is 62.5 Å². The summed E-state index contributed by atoms with van der Waals surface area (Å²) in [5.41, 5.74) is 0.716. The van der Waals surface area contributed by atoms with E-state index < -0.39 is 35.6 Å². The molecule has 1 fully saturated rings. The van der Waals surface area contributed by atoms with Gasteiger partial charge in [-0.1, -0.05) is 6.07 Å². The minimum Gasteiger partial charge on any atom is -0.484 e. The van der Waals surface area contributed by atoms with E-state index >= 15 is 0 Å². The van der Waals surface area contributed by atoms with E-state index in [4.69, 9.17) is 10.00 Å². The summed E-state index contributed by atoms with van der Waals surface area (Å²) in [7, 11) is 0. The number of amides is 2. The lowest BCUT2D eigenvalue weighted by Gasteiger charge is -2.35. The van der Waals surface area contributed by atoms with Crippen LogP contribution in [-0.2, 0) is 23.2 Å². The van der Waals surface area contributed by atoms with Gasteiger partial charge in [0.2, 0.25) is 0 Å². The minimum absolute atomic E-state index is 0.0413. The highest BCUT2D eigenvalue weighted by molar-refractivity contribution is 6.08. The van der Waals surface area contributed by atoms with Crippen molar-refractivity contribution in [3.63, 3.8) is 0 Å². The largest absolute Gasteiger partial charge is 0.484 e. The van der Waals surface area contributed by atoms with Crippen molar-refractivity contribution < 1.29 is 32.3 Å². The first-order valence-corrected chi connectivity index (χ1v) is 12.9. The number of pyridine rings is 1. The van der Waals surface area contributed by atoms with Gasteiger partial charge in [-0.2, -0.15) is 23.5 Å². The number of aromatic nitrogens is 3. The van der Waals surface area contributed by atoms with Gasteiger partial charge in [0, 0.05) is 24.6 Å². The van der Waals surface area contributed by atoms with Crippen molar-refractivity contribution in [3.05, 3.63) is 70.2 Å². The van der Waals surface area contributed by atoms with E-state index in [1.807, 2.05) is 6.07 Å². The maximum atomic E-state index is 13.7. The molecule has 6 rings (SSSR count). The zero-order valence-electron chi connectivity index (χ0n) is 21.5. The van der Waals surface area contributed by atoms with Crippen LogP contribution >= 0.6 is 0 Å². The number of nitrogens with one attached hydrogen (secondary N) is 2. The van der Waals surface area contributed by atoms with E-state index in [1.54, 1.807) is 12.1 Å². The quantitative estimate of drug-likeness (QED) is 0.421. The maximum absolute atomic E-state index is 13.7. The smallest absolute Gasteiger partial charge is 0.422 e. The Morgan fingerprint density at radius 3 is 2.71 bits per heavy atom. The number of hydrogen-bond donors (Lipinski definition) is 2. The molecule has 1 atom stereocenters. The van der Waals surface area contributed by atoms with Gasteiger partial charge in [0.15, 0.2) is 12.4 Å². The number of alkyl halides is 3. The van der Waals surface area contributed by atoms with E-state index in [9.17, 15) is 27.6 Å². The molecule has 1 aliphatic heterocycles. The number of carbonyl (C=O) groups excluding carboxylic acids is 3. The Hall–Kier alpha value is -4.73. The number of aldehydes is 1. The van der Waals surface area contributed by atoms with Crippen molar-refractivity contribution in [3.8, 4) is 17.6 Å². The summed E-state index contributed by atoms with van der Waals surface area (Å²) in [5, 5.41) is 19.6. The summed E-state index contributed by atoms with van der Waals surface area (Å²) in [5.74, 6) is -0.819. The van der Waals surface area contributed by atoms with Gasteiger partial charge in [0.05, 0.1) is 22.4 Å². The normalized spacial score (nSPS) is 20.0. The van der Waals surface area contributed by atoms with Gasteiger partial charge in [-0.3, -0.25) is 9.59 Å². The Morgan fingerprint density at radius 2 is 2.05 bits per heavy atom. The predicted molar refractivity (Wildman–Crippen MR) is 135 cm³/mol. The fourth-order valence-corrected chi connectivity index (χ4v) is 5.52. The molecular weight excluding hydrogens is 541 g/mol. The Bertz CT molecular complexity index is 1620. The fraction of sp³-hybridized carbons (Fsp3) is 0.357. The first-order valence-electron chi connectivity index (χ1n) is 12.9. The van der Waals surface area contributed by atoms with Crippen LogP contribution in [0.25, 0.3) is 5.82 Å². The molecule has 1 spiro atoms.